The summed E-state index contributed by atoms with van der Waals surface area (Å²) in [5, 5.41) is 13.0. The van der Waals surface area contributed by atoms with Crippen molar-refractivity contribution in [1.29, 1.82) is 0 Å². The summed E-state index contributed by atoms with van der Waals surface area (Å²) in [6, 6.07) is 7.12. The summed E-state index contributed by atoms with van der Waals surface area (Å²) in [4.78, 5) is 37.3. The van der Waals surface area contributed by atoms with E-state index in [4.69, 9.17) is 9.84 Å². The third-order valence-electron chi connectivity index (χ3n) is 4.22. The molecule has 0 saturated carbocycles. The second-order valence-electron chi connectivity index (χ2n) is 6.20. The minimum atomic E-state index is -1.04. The van der Waals surface area contributed by atoms with Crippen LogP contribution < -0.4 is 5.43 Å². The van der Waals surface area contributed by atoms with Crippen LogP contribution in [0.15, 0.2) is 35.1 Å². The zero-order chi connectivity index (χ0) is 19.6. The fourth-order valence-corrected chi connectivity index (χ4v) is 2.93. The quantitative estimate of drug-likeness (QED) is 0.855. The molecule has 1 amide bonds. The first-order valence-electron chi connectivity index (χ1n) is 8.35. The van der Waals surface area contributed by atoms with Gasteiger partial charge in [0.2, 0.25) is 5.43 Å². The molecule has 1 saturated heterocycles. The Hall–Kier alpha value is -3.07. The number of halogens is 1. The lowest BCUT2D eigenvalue weighted by Crippen LogP contribution is -2.47. The fourth-order valence-electron chi connectivity index (χ4n) is 2.93. The Labute approximate surface area is 153 Å². The number of aromatic nitrogens is 2. The predicted octanol–water partition coefficient (Wildman–Crippen LogP) is 0.996. The van der Waals surface area contributed by atoms with Gasteiger partial charge in [0, 0.05) is 24.8 Å². The Morgan fingerprint density at radius 3 is 2.81 bits per heavy atom. The van der Waals surface area contributed by atoms with Gasteiger partial charge < -0.3 is 14.7 Å². The largest absolute Gasteiger partial charge is 0.481 e. The maximum atomic E-state index is 14.1. The van der Waals surface area contributed by atoms with Crippen LogP contribution in [-0.2, 0) is 9.53 Å². The number of hydrogen-bond acceptors (Lipinski definition) is 5. The van der Waals surface area contributed by atoms with Crippen LogP contribution in [0.25, 0.3) is 5.69 Å². The average Bonchev–Trinajstić information content (AvgIpc) is 2.62. The zero-order valence-corrected chi connectivity index (χ0v) is 14.6. The average molecular weight is 375 g/mol. The summed E-state index contributed by atoms with van der Waals surface area (Å²) >= 11 is 0. The number of morpholine rings is 1. The van der Waals surface area contributed by atoms with Gasteiger partial charge in [0.25, 0.3) is 5.91 Å². The minimum Gasteiger partial charge on any atom is -0.481 e. The number of para-hydroxylation sites is 1. The lowest BCUT2D eigenvalue weighted by Gasteiger charge is -2.32. The third kappa shape index (κ3) is 4.03. The molecule has 0 bridgehead atoms. The molecule has 0 spiro atoms. The van der Waals surface area contributed by atoms with Gasteiger partial charge in [-0.1, -0.05) is 12.1 Å². The van der Waals surface area contributed by atoms with Gasteiger partial charge >= 0.3 is 5.97 Å². The van der Waals surface area contributed by atoms with Crippen molar-refractivity contribution >= 4 is 11.9 Å². The van der Waals surface area contributed by atoms with Gasteiger partial charge in [-0.3, -0.25) is 14.4 Å². The van der Waals surface area contributed by atoms with Crippen molar-refractivity contribution in [3.8, 4) is 5.69 Å². The molecule has 8 nitrogen and oxygen atoms in total. The lowest BCUT2D eigenvalue weighted by atomic mass is 10.2. The summed E-state index contributed by atoms with van der Waals surface area (Å²) in [7, 11) is 0. The van der Waals surface area contributed by atoms with E-state index in [2.05, 4.69) is 5.10 Å². The van der Waals surface area contributed by atoms with Crippen LogP contribution in [0, 0.1) is 12.7 Å². The highest BCUT2D eigenvalue weighted by atomic mass is 19.1. The Kier molecular flexibility index (Phi) is 5.31. The highest BCUT2D eigenvalue weighted by molar-refractivity contribution is 5.92. The lowest BCUT2D eigenvalue weighted by molar-refractivity contribution is -0.141. The molecule has 0 radical (unpaired) electrons. The maximum absolute atomic E-state index is 14.1. The number of ether oxygens (including phenoxy) is 1. The maximum Gasteiger partial charge on any atom is 0.306 e. The van der Waals surface area contributed by atoms with Crippen molar-refractivity contribution in [2.24, 2.45) is 0 Å². The highest BCUT2D eigenvalue weighted by Gasteiger charge is 2.29. The number of rotatable bonds is 4. The van der Waals surface area contributed by atoms with Gasteiger partial charge in [-0.2, -0.15) is 5.10 Å². The molecule has 9 heteroatoms. The van der Waals surface area contributed by atoms with Crippen molar-refractivity contribution in [1.82, 2.24) is 14.7 Å². The Bertz CT molecular complexity index is 943. The second kappa shape index (κ2) is 7.67. The van der Waals surface area contributed by atoms with Crippen LogP contribution in [0.1, 0.15) is 22.6 Å². The number of aryl methyl sites for hydroxylation is 1. The Balaban J connectivity index is 1.93. The molecule has 1 atom stereocenters. The number of nitrogens with zero attached hydrogens (tertiary/aromatic N) is 3. The number of carboxylic acids is 1. The zero-order valence-electron chi connectivity index (χ0n) is 14.6. The van der Waals surface area contributed by atoms with Crippen molar-refractivity contribution in [2.75, 3.05) is 19.7 Å². The monoisotopic (exact) mass is 375 g/mol. The molecule has 0 unspecified atom stereocenters. The van der Waals surface area contributed by atoms with Crippen molar-refractivity contribution < 1.29 is 23.8 Å². The number of aliphatic carboxylic acids is 1. The highest BCUT2D eigenvalue weighted by Crippen LogP contribution is 2.15. The molecule has 3 rings (SSSR count). The van der Waals surface area contributed by atoms with Gasteiger partial charge in [-0.25, -0.2) is 9.07 Å². The van der Waals surface area contributed by atoms with Crippen LogP contribution in [0.2, 0.25) is 0 Å². The molecular weight excluding hydrogens is 357 g/mol. The minimum absolute atomic E-state index is 0.0415. The van der Waals surface area contributed by atoms with Crippen molar-refractivity contribution in [3.05, 3.63) is 57.8 Å². The molecule has 0 aliphatic carbocycles. The molecule has 1 aliphatic rings. The fraction of sp³-hybridized carbons (Fsp3) is 0.333. The number of amides is 1. The van der Waals surface area contributed by atoms with E-state index in [1.54, 1.807) is 13.0 Å². The summed E-state index contributed by atoms with van der Waals surface area (Å²) in [5.41, 5.74) is -0.423. The van der Waals surface area contributed by atoms with E-state index in [0.717, 1.165) is 0 Å². The molecule has 142 valence electrons. The van der Waals surface area contributed by atoms with Gasteiger partial charge in [-0.05, 0) is 19.1 Å². The molecular formula is C18H18FN3O5. The summed E-state index contributed by atoms with van der Waals surface area (Å²) in [6.45, 7) is 2.01. The van der Waals surface area contributed by atoms with Crippen molar-refractivity contribution in [2.45, 2.75) is 19.4 Å². The number of benzene rings is 1. The predicted molar refractivity (Wildman–Crippen MR) is 92.4 cm³/mol. The molecule has 1 aromatic carbocycles. The number of carbonyl (C=O) groups is 2. The molecule has 1 N–H and O–H groups in total. The number of carbonyl (C=O) groups excluding carboxylic acids is 1. The Morgan fingerprint density at radius 1 is 1.37 bits per heavy atom. The van der Waals surface area contributed by atoms with Crippen LogP contribution >= 0.6 is 0 Å². The van der Waals surface area contributed by atoms with E-state index < -0.39 is 29.2 Å². The number of carboxylic acid groups (broad SMARTS) is 1. The first-order chi connectivity index (χ1) is 12.9. The molecule has 1 aromatic heterocycles. The van der Waals surface area contributed by atoms with Gasteiger partial charge in [0.1, 0.15) is 11.5 Å². The molecule has 2 aromatic rings. The van der Waals surface area contributed by atoms with Crippen LogP contribution in [0.5, 0.6) is 0 Å². The Morgan fingerprint density at radius 2 is 2.11 bits per heavy atom. The van der Waals surface area contributed by atoms with E-state index in [0.29, 0.717) is 5.69 Å². The molecule has 2 heterocycles. The molecule has 1 fully saturated rings. The molecule has 27 heavy (non-hydrogen) atoms. The van der Waals surface area contributed by atoms with Crippen molar-refractivity contribution in [3.63, 3.8) is 0 Å². The van der Waals surface area contributed by atoms with Gasteiger partial charge in [0.15, 0.2) is 5.69 Å². The third-order valence-corrected chi connectivity index (χ3v) is 4.22. The smallest absolute Gasteiger partial charge is 0.306 e. The molecule has 1 aliphatic heterocycles. The van der Waals surface area contributed by atoms with Crippen LogP contribution in [0.3, 0.4) is 0 Å². The SMILES string of the molecule is Cc1cc(=O)c(C(=O)N2CCO[C@H](CC(=O)O)C2)nn1-c1ccccc1F. The first-order valence-corrected chi connectivity index (χ1v) is 8.35. The van der Waals surface area contributed by atoms with Crippen LogP contribution in [-0.4, -0.2) is 57.5 Å². The second-order valence-corrected chi connectivity index (χ2v) is 6.20. The van der Waals surface area contributed by atoms with E-state index in [1.165, 1.54) is 33.8 Å². The number of hydrogen-bond donors (Lipinski definition) is 1. The van der Waals surface area contributed by atoms with Crippen LogP contribution in [0.4, 0.5) is 4.39 Å². The first kappa shape index (κ1) is 18.7. The standard InChI is InChI=1S/C18H18FN3O5/c1-11-8-15(23)17(20-22(11)14-5-3-2-4-13(14)19)18(26)21-6-7-27-12(10-21)9-16(24)25/h2-5,8,12H,6-7,9-10H2,1H3,(H,24,25)/t12-/m1/s1. The van der Waals surface area contributed by atoms with E-state index in [-0.39, 0.29) is 37.5 Å². The normalized spacial score (nSPS) is 17.0. The summed E-state index contributed by atoms with van der Waals surface area (Å²) in [6.07, 6.45) is -0.899. The summed E-state index contributed by atoms with van der Waals surface area (Å²) < 4.78 is 20.7. The van der Waals surface area contributed by atoms with E-state index in [9.17, 15) is 18.8 Å². The van der Waals surface area contributed by atoms with E-state index >= 15 is 0 Å². The van der Waals surface area contributed by atoms with Gasteiger partial charge in [0.05, 0.1) is 19.1 Å². The van der Waals surface area contributed by atoms with Gasteiger partial charge in [-0.15, -0.1) is 0 Å². The summed E-state index contributed by atoms with van der Waals surface area (Å²) in [5.74, 6) is -2.21. The topological polar surface area (TPSA) is 102 Å². The van der Waals surface area contributed by atoms with E-state index in [1.807, 2.05) is 0 Å².